The van der Waals surface area contributed by atoms with E-state index < -0.39 is 0 Å². The van der Waals surface area contributed by atoms with Crippen molar-refractivity contribution < 1.29 is 0 Å². The lowest BCUT2D eigenvalue weighted by Crippen LogP contribution is -2.26. The fraction of sp³-hybridized carbons (Fsp3) is 0.250. The van der Waals surface area contributed by atoms with Crippen LogP contribution in [-0.2, 0) is 13.0 Å². The van der Waals surface area contributed by atoms with E-state index in [1.54, 1.807) is 12.4 Å². The Balaban J connectivity index is 1.98. The summed E-state index contributed by atoms with van der Waals surface area (Å²) in [6.07, 6.45) is 4.44. The first-order valence-corrected chi connectivity index (χ1v) is 6.55. The van der Waals surface area contributed by atoms with E-state index in [9.17, 15) is 0 Å². The number of hydrogen-bond acceptors (Lipinski definition) is 5. The third-order valence-corrected chi connectivity index (χ3v) is 3.20. The van der Waals surface area contributed by atoms with E-state index in [1.807, 2.05) is 12.1 Å². The maximum atomic E-state index is 4.43. The van der Waals surface area contributed by atoms with Crippen molar-refractivity contribution in [1.29, 1.82) is 0 Å². The van der Waals surface area contributed by atoms with Gasteiger partial charge in [-0.1, -0.05) is 0 Å². The van der Waals surface area contributed by atoms with Gasteiger partial charge in [0.2, 0.25) is 0 Å². The molecule has 18 heavy (non-hydrogen) atoms. The maximum Gasteiger partial charge on any atom is 0.198 e. The second kappa shape index (κ2) is 4.99. The smallest absolute Gasteiger partial charge is 0.198 e. The van der Waals surface area contributed by atoms with Gasteiger partial charge in [-0.05, 0) is 28.1 Å². The molecule has 0 bridgehead atoms. The van der Waals surface area contributed by atoms with Crippen LogP contribution < -0.4 is 10.6 Å². The summed E-state index contributed by atoms with van der Waals surface area (Å²) in [5.74, 6) is 0.852. The van der Waals surface area contributed by atoms with Gasteiger partial charge in [0, 0.05) is 43.2 Å². The molecule has 0 saturated carbocycles. The Labute approximate surface area is 113 Å². The Hall–Kier alpha value is -1.53. The minimum Gasteiger partial charge on any atom is -0.340 e. The Morgan fingerprint density at radius 2 is 2.06 bits per heavy atom. The fourth-order valence-electron chi connectivity index (χ4n) is 1.99. The molecule has 0 radical (unpaired) electrons. The molecular weight excluding hydrogens is 294 g/mol. The lowest BCUT2D eigenvalue weighted by atomic mass is 10.1. The lowest BCUT2D eigenvalue weighted by molar-refractivity contribution is 0.626. The highest BCUT2D eigenvalue weighted by Gasteiger charge is 2.16. The van der Waals surface area contributed by atoms with Gasteiger partial charge in [0.1, 0.15) is 5.82 Å². The van der Waals surface area contributed by atoms with E-state index in [-0.39, 0.29) is 0 Å². The summed E-state index contributed by atoms with van der Waals surface area (Å²) >= 11 is 3.36. The van der Waals surface area contributed by atoms with Gasteiger partial charge in [-0.2, -0.15) is 0 Å². The average molecular weight is 306 g/mol. The van der Waals surface area contributed by atoms with E-state index >= 15 is 0 Å². The first-order chi connectivity index (χ1) is 8.83. The summed E-state index contributed by atoms with van der Waals surface area (Å²) < 4.78 is 0.625. The average Bonchev–Trinajstić information content (AvgIpc) is 2.40. The summed E-state index contributed by atoms with van der Waals surface area (Å²) in [6, 6.07) is 3.83. The summed E-state index contributed by atoms with van der Waals surface area (Å²) in [5.41, 5.74) is 3.22. The van der Waals surface area contributed by atoms with Crippen LogP contribution in [0.2, 0.25) is 0 Å². The van der Waals surface area contributed by atoms with Crippen molar-refractivity contribution in [2.75, 3.05) is 11.9 Å². The molecular formula is C12H12BrN5. The molecule has 2 aromatic heterocycles. The van der Waals surface area contributed by atoms with Gasteiger partial charge in [0.05, 0.1) is 5.69 Å². The first kappa shape index (κ1) is 11.6. The first-order valence-electron chi connectivity index (χ1n) is 5.76. The second-order valence-corrected chi connectivity index (χ2v) is 4.76. The highest BCUT2D eigenvalue weighted by molar-refractivity contribution is 9.10. The largest absolute Gasteiger partial charge is 0.340 e. The zero-order valence-electron chi connectivity index (χ0n) is 9.65. The van der Waals surface area contributed by atoms with Gasteiger partial charge in [-0.3, -0.25) is 4.98 Å². The number of aromatic nitrogens is 3. The number of fused-ring (bicyclic) bond motifs is 1. The Morgan fingerprint density at radius 1 is 1.22 bits per heavy atom. The number of rotatable bonds is 2. The Kier molecular flexibility index (Phi) is 3.21. The van der Waals surface area contributed by atoms with Crippen molar-refractivity contribution in [3.05, 3.63) is 40.5 Å². The number of halogens is 1. The van der Waals surface area contributed by atoms with Crippen LogP contribution in [0.25, 0.3) is 0 Å². The number of nitrogens with zero attached hydrogens (tertiary/aromatic N) is 3. The van der Waals surface area contributed by atoms with Crippen LogP contribution in [0.5, 0.6) is 0 Å². The third-order valence-electron chi connectivity index (χ3n) is 2.85. The van der Waals surface area contributed by atoms with Crippen molar-refractivity contribution >= 4 is 27.4 Å². The predicted molar refractivity (Wildman–Crippen MR) is 72.7 cm³/mol. The molecule has 2 N–H and O–H groups in total. The van der Waals surface area contributed by atoms with Gasteiger partial charge in [0.15, 0.2) is 4.73 Å². The fourth-order valence-corrected chi connectivity index (χ4v) is 2.38. The van der Waals surface area contributed by atoms with Gasteiger partial charge in [-0.25, -0.2) is 9.97 Å². The molecule has 0 unspecified atom stereocenters. The van der Waals surface area contributed by atoms with Crippen molar-refractivity contribution in [2.24, 2.45) is 0 Å². The molecule has 3 rings (SSSR count). The molecule has 0 atom stereocenters. The van der Waals surface area contributed by atoms with Gasteiger partial charge in [0.25, 0.3) is 0 Å². The van der Waals surface area contributed by atoms with Crippen LogP contribution in [0.3, 0.4) is 0 Å². The molecule has 5 nitrogen and oxygen atoms in total. The van der Waals surface area contributed by atoms with Crippen LogP contribution in [0.15, 0.2) is 29.3 Å². The van der Waals surface area contributed by atoms with Crippen LogP contribution in [0, 0.1) is 0 Å². The molecule has 1 aliphatic rings. The summed E-state index contributed by atoms with van der Waals surface area (Å²) in [4.78, 5) is 12.8. The monoisotopic (exact) mass is 305 g/mol. The zero-order chi connectivity index (χ0) is 12.4. The number of nitrogens with one attached hydrogen (secondary N) is 2. The molecule has 6 heteroatoms. The zero-order valence-corrected chi connectivity index (χ0v) is 11.2. The molecule has 92 valence electrons. The van der Waals surface area contributed by atoms with E-state index in [0.29, 0.717) is 4.73 Å². The van der Waals surface area contributed by atoms with E-state index in [4.69, 9.17) is 0 Å². The van der Waals surface area contributed by atoms with Crippen molar-refractivity contribution in [1.82, 2.24) is 20.3 Å². The molecule has 0 amide bonds. The predicted octanol–water partition coefficient (Wildman–Crippen LogP) is 2.02. The highest BCUT2D eigenvalue weighted by Crippen LogP contribution is 2.24. The summed E-state index contributed by atoms with van der Waals surface area (Å²) in [6.45, 7) is 1.77. The molecule has 0 aliphatic carbocycles. The number of hydrogen-bond donors (Lipinski definition) is 2. The summed E-state index contributed by atoms with van der Waals surface area (Å²) in [5, 5.41) is 6.65. The normalized spacial score (nSPS) is 14.1. The standard InChI is InChI=1S/C12H12BrN5/c13-12-17-10-3-6-15-7-9(10)11(18-12)16-8-1-4-14-5-2-8/h1-2,4-5,15H,3,6-7H2,(H,14,16,17,18). The van der Waals surface area contributed by atoms with E-state index in [0.717, 1.165) is 42.3 Å². The van der Waals surface area contributed by atoms with Crippen molar-refractivity contribution in [3.8, 4) is 0 Å². The lowest BCUT2D eigenvalue weighted by Gasteiger charge is -2.19. The Morgan fingerprint density at radius 3 is 2.89 bits per heavy atom. The van der Waals surface area contributed by atoms with Crippen LogP contribution in [-0.4, -0.2) is 21.5 Å². The SMILES string of the molecule is Brc1nc2c(c(Nc3ccncc3)n1)CNCC2. The Bertz CT molecular complexity index is 558. The van der Waals surface area contributed by atoms with Gasteiger partial charge in [-0.15, -0.1) is 0 Å². The highest BCUT2D eigenvalue weighted by atomic mass is 79.9. The number of pyridine rings is 1. The molecule has 0 fully saturated rings. The van der Waals surface area contributed by atoms with E-state index in [2.05, 4.69) is 41.5 Å². The summed E-state index contributed by atoms with van der Waals surface area (Å²) in [7, 11) is 0. The maximum absolute atomic E-state index is 4.43. The van der Waals surface area contributed by atoms with Crippen molar-refractivity contribution in [2.45, 2.75) is 13.0 Å². The van der Waals surface area contributed by atoms with Crippen molar-refractivity contribution in [3.63, 3.8) is 0 Å². The van der Waals surface area contributed by atoms with Crippen LogP contribution in [0.4, 0.5) is 11.5 Å². The minimum atomic E-state index is 0.625. The quantitative estimate of drug-likeness (QED) is 0.831. The number of anilines is 2. The van der Waals surface area contributed by atoms with E-state index in [1.165, 1.54) is 0 Å². The van der Waals surface area contributed by atoms with Gasteiger partial charge >= 0.3 is 0 Å². The molecule has 1 aliphatic heterocycles. The third kappa shape index (κ3) is 2.34. The molecule has 0 aromatic carbocycles. The second-order valence-electron chi connectivity index (χ2n) is 4.05. The topological polar surface area (TPSA) is 62.7 Å². The molecule has 2 aromatic rings. The van der Waals surface area contributed by atoms with Gasteiger partial charge < -0.3 is 10.6 Å². The molecule has 0 spiro atoms. The van der Waals surface area contributed by atoms with Crippen LogP contribution >= 0.6 is 15.9 Å². The minimum absolute atomic E-state index is 0.625. The molecule has 3 heterocycles. The van der Waals surface area contributed by atoms with Crippen LogP contribution in [0.1, 0.15) is 11.3 Å². The molecule has 0 saturated heterocycles.